The van der Waals surface area contributed by atoms with Crippen molar-refractivity contribution >= 4 is 45.4 Å². The zero-order valence-corrected chi connectivity index (χ0v) is 15.6. The van der Waals surface area contributed by atoms with Crippen molar-refractivity contribution in [2.75, 3.05) is 23.9 Å². The van der Waals surface area contributed by atoms with Crippen molar-refractivity contribution in [3.63, 3.8) is 0 Å². The molecule has 0 unspecified atom stereocenters. The molecular formula is C14H15N3O8S2. The molecule has 2 heterocycles. The highest BCUT2D eigenvalue weighted by atomic mass is 32.2. The van der Waals surface area contributed by atoms with E-state index in [1.165, 1.54) is 13.0 Å². The maximum absolute atomic E-state index is 12.3. The van der Waals surface area contributed by atoms with Crippen LogP contribution in [-0.4, -0.2) is 77.5 Å². The van der Waals surface area contributed by atoms with E-state index in [2.05, 4.69) is 5.32 Å². The minimum Gasteiger partial charge on any atom is -0.477 e. The highest BCUT2D eigenvalue weighted by Crippen LogP contribution is 2.40. The van der Waals surface area contributed by atoms with Gasteiger partial charge in [-0.25, -0.2) is 13.2 Å². The number of thioether (sulfide) groups is 1. The number of fused-ring (bicyclic) bond motifs is 1. The number of hydrogen-bond donors (Lipinski definition) is 2. The SMILES string of the molecule is CC(=O)OCC1=C(C(=O)O)N2C(=O)[C@@H](NC(=O)CS(=O)(=O)CC#N)[C@H]2SC1. The number of sulfone groups is 1. The minimum absolute atomic E-state index is 0.155. The van der Waals surface area contributed by atoms with Gasteiger partial charge in [-0.2, -0.15) is 5.26 Å². The summed E-state index contributed by atoms with van der Waals surface area (Å²) in [5.41, 5.74) is -0.0683. The molecular weight excluding hydrogens is 402 g/mol. The molecule has 1 fully saturated rings. The number of carbonyl (C=O) groups is 4. The normalized spacial score (nSPS) is 21.6. The van der Waals surface area contributed by atoms with E-state index >= 15 is 0 Å². The average molecular weight is 417 g/mol. The van der Waals surface area contributed by atoms with E-state index in [1.807, 2.05) is 0 Å². The van der Waals surface area contributed by atoms with Gasteiger partial charge in [-0.3, -0.25) is 19.3 Å². The first-order chi connectivity index (χ1) is 12.6. The van der Waals surface area contributed by atoms with Crippen LogP contribution in [0.25, 0.3) is 0 Å². The summed E-state index contributed by atoms with van der Waals surface area (Å²) in [6, 6.07) is 0.358. The lowest BCUT2D eigenvalue weighted by atomic mass is 10.0. The Balaban J connectivity index is 2.11. The molecule has 0 spiro atoms. The Labute approximate surface area is 158 Å². The lowest BCUT2D eigenvalue weighted by Crippen LogP contribution is -2.71. The number of ether oxygens (including phenoxy) is 1. The lowest BCUT2D eigenvalue weighted by molar-refractivity contribution is -0.150. The number of carboxylic acids is 1. The van der Waals surface area contributed by atoms with Gasteiger partial charge in [-0.05, 0) is 0 Å². The summed E-state index contributed by atoms with van der Waals surface area (Å²) < 4.78 is 27.8. The van der Waals surface area contributed by atoms with E-state index in [9.17, 15) is 32.7 Å². The molecule has 2 amide bonds. The van der Waals surface area contributed by atoms with Gasteiger partial charge in [-0.15, -0.1) is 11.8 Å². The van der Waals surface area contributed by atoms with E-state index in [0.717, 1.165) is 16.7 Å². The van der Waals surface area contributed by atoms with Crippen LogP contribution in [-0.2, 0) is 33.8 Å². The van der Waals surface area contributed by atoms with Crippen LogP contribution >= 0.6 is 11.8 Å². The number of carboxylic acid groups (broad SMARTS) is 1. The highest BCUT2D eigenvalue weighted by molar-refractivity contribution is 8.00. The molecule has 0 saturated carbocycles. The zero-order chi connectivity index (χ0) is 20.4. The number of esters is 1. The quantitative estimate of drug-likeness (QED) is 0.356. The Hall–Kier alpha value is -2.59. The number of aliphatic carboxylic acids is 1. The third-order valence-electron chi connectivity index (χ3n) is 3.65. The summed E-state index contributed by atoms with van der Waals surface area (Å²) >= 11 is 1.15. The topological polar surface area (TPSA) is 171 Å². The number of carbonyl (C=O) groups excluding carboxylic acids is 3. The Morgan fingerprint density at radius 3 is 2.67 bits per heavy atom. The molecule has 2 rings (SSSR count). The second-order valence-electron chi connectivity index (χ2n) is 5.68. The molecule has 2 aliphatic rings. The third-order valence-corrected chi connectivity index (χ3v) is 6.26. The van der Waals surface area contributed by atoms with Crippen molar-refractivity contribution in [1.29, 1.82) is 5.26 Å². The van der Waals surface area contributed by atoms with Gasteiger partial charge in [0, 0.05) is 18.2 Å². The van der Waals surface area contributed by atoms with Crippen molar-refractivity contribution in [3.05, 3.63) is 11.3 Å². The fourth-order valence-corrected chi connectivity index (χ4v) is 4.66. The predicted molar refractivity (Wildman–Crippen MR) is 90.6 cm³/mol. The minimum atomic E-state index is -3.91. The molecule has 0 aromatic rings. The van der Waals surface area contributed by atoms with Crippen molar-refractivity contribution in [2.24, 2.45) is 0 Å². The first-order valence-corrected chi connectivity index (χ1v) is 10.3. The second kappa shape index (κ2) is 7.97. The van der Waals surface area contributed by atoms with Crippen molar-refractivity contribution in [3.8, 4) is 6.07 Å². The Morgan fingerprint density at radius 2 is 2.11 bits per heavy atom. The summed E-state index contributed by atoms with van der Waals surface area (Å²) in [5.74, 6) is -5.25. The van der Waals surface area contributed by atoms with Crippen LogP contribution in [0.3, 0.4) is 0 Å². The van der Waals surface area contributed by atoms with Gasteiger partial charge >= 0.3 is 11.9 Å². The number of nitrogens with one attached hydrogen (secondary N) is 1. The van der Waals surface area contributed by atoms with Gasteiger partial charge in [-0.1, -0.05) is 0 Å². The first-order valence-electron chi connectivity index (χ1n) is 7.47. The van der Waals surface area contributed by atoms with Crippen LogP contribution in [0.15, 0.2) is 11.3 Å². The molecule has 11 nitrogen and oxygen atoms in total. The number of rotatable bonds is 7. The molecule has 2 atom stereocenters. The molecule has 2 N–H and O–H groups in total. The molecule has 0 radical (unpaired) electrons. The number of hydrogen-bond acceptors (Lipinski definition) is 9. The lowest BCUT2D eigenvalue weighted by Gasteiger charge is -2.49. The Kier molecular flexibility index (Phi) is 6.11. The van der Waals surface area contributed by atoms with Gasteiger partial charge in [0.05, 0.1) is 6.07 Å². The summed E-state index contributed by atoms with van der Waals surface area (Å²) in [4.78, 5) is 47.6. The molecule has 0 aliphatic carbocycles. The van der Waals surface area contributed by atoms with E-state index in [4.69, 9.17) is 10.00 Å². The van der Waals surface area contributed by atoms with Gasteiger partial charge in [0.1, 0.15) is 35.2 Å². The van der Waals surface area contributed by atoms with E-state index in [1.54, 1.807) is 0 Å². The molecule has 0 aromatic carbocycles. The summed E-state index contributed by atoms with van der Waals surface area (Å²) in [6.07, 6.45) is 0. The maximum Gasteiger partial charge on any atom is 0.352 e. The smallest absolute Gasteiger partial charge is 0.352 e. The van der Waals surface area contributed by atoms with Crippen LogP contribution in [0, 0.1) is 11.3 Å². The number of nitrogens with zero attached hydrogens (tertiary/aromatic N) is 2. The van der Waals surface area contributed by atoms with Crippen molar-refractivity contribution in [1.82, 2.24) is 10.2 Å². The highest BCUT2D eigenvalue weighted by Gasteiger charge is 2.54. The predicted octanol–water partition coefficient (Wildman–Crippen LogP) is -1.77. The molecule has 0 aromatic heterocycles. The third kappa shape index (κ3) is 4.58. The molecule has 146 valence electrons. The molecule has 27 heavy (non-hydrogen) atoms. The van der Waals surface area contributed by atoms with Crippen molar-refractivity contribution < 1.29 is 37.4 Å². The van der Waals surface area contributed by atoms with Gasteiger partial charge in [0.15, 0.2) is 9.84 Å². The summed E-state index contributed by atoms with van der Waals surface area (Å²) in [7, 11) is -3.91. The van der Waals surface area contributed by atoms with Crippen LogP contribution in [0.5, 0.6) is 0 Å². The first kappa shape index (κ1) is 20.7. The van der Waals surface area contributed by atoms with Crippen LogP contribution in [0.2, 0.25) is 0 Å². The van der Waals surface area contributed by atoms with Gasteiger partial charge < -0.3 is 15.2 Å². The number of amides is 2. The van der Waals surface area contributed by atoms with Gasteiger partial charge in [0.2, 0.25) is 5.91 Å². The van der Waals surface area contributed by atoms with Crippen molar-refractivity contribution in [2.45, 2.75) is 18.3 Å². The summed E-state index contributed by atoms with van der Waals surface area (Å²) in [5, 5.41) is 19.4. The van der Waals surface area contributed by atoms with Crippen LogP contribution in [0.1, 0.15) is 6.92 Å². The summed E-state index contributed by atoms with van der Waals surface area (Å²) in [6.45, 7) is 0.893. The molecule has 0 bridgehead atoms. The van der Waals surface area contributed by atoms with Crippen LogP contribution in [0.4, 0.5) is 0 Å². The maximum atomic E-state index is 12.3. The average Bonchev–Trinajstić information content (AvgIpc) is 2.56. The van der Waals surface area contributed by atoms with Crippen LogP contribution < -0.4 is 5.32 Å². The second-order valence-corrected chi connectivity index (χ2v) is 8.85. The fourth-order valence-electron chi connectivity index (χ4n) is 2.55. The Bertz CT molecular complexity index is 873. The largest absolute Gasteiger partial charge is 0.477 e. The Morgan fingerprint density at radius 1 is 1.44 bits per heavy atom. The standard InChI is InChI=1S/C14H15N3O8S2/c1-7(18)25-4-8-5-26-13-10(12(20)17(13)11(8)14(21)22)16-9(19)6-27(23,24)3-2-15/h10,13H,3-6H2,1H3,(H,16,19)(H,21,22)/t10-,13-/m1/s1. The molecule has 13 heteroatoms. The van der Waals surface area contributed by atoms with Gasteiger partial charge in [0.25, 0.3) is 5.91 Å². The van der Waals surface area contributed by atoms with E-state index < -0.39 is 56.5 Å². The monoisotopic (exact) mass is 417 g/mol. The number of β-lactam (4-membered cyclic amide) rings is 1. The number of nitriles is 1. The molecule has 2 aliphatic heterocycles. The zero-order valence-electron chi connectivity index (χ0n) is 14.0. The molecule has 1 saturated heterocycles. The van der Waals surface area contributed by atoms with E-state index in [0.29, 0.717) is 0 Å². The van der Waals surface area contributed by atoms with E-state index in [-0.39, 0.29) is 23.6 Å². The fraction of sp³-hybridized carbons (Fsp3) is 0.500.